The van der Waals surface area contributed by atoms with E-state index in [0.29, 0.717) is 12.1 Å². The van der Waals surface area contributed by atoms with Gasteiger partial charge in [-0.05, 0) is 25.0 Å². The molecule has 0 aliphatic rings. The summed E-state index contributed by atoms with van der Waals surface area (Å²) in [5.74, 6) is -0.174. The van der Waals surface area contributed by atoms with Crippen LogP contribution in [0.2, 0.25) is 0 Å². The number of amides is 1. The van der Waals surface area contributed by atoms with Gasteiger partial charge in [-0.25, -0.2) is 0 Å². The molecule has 0 saturated heterocycles. The molecule has 3 nitrogen and oxygen atoms in total. The highest BCUT2D eigenvalue weighted by Gasteiger charge is 2.27. The maximum atomic E-state index is 11.9. The molecule has 1 aromatic carbocycles. The highest BCUT2D eigenvalue weighted by atomic mass is 19.4. The van der Waals surface area contributed by atoms with Crippen molar-refractivity contribution in [2.24, 2.45) is 0 Å². The minimum absolute atomic E-state index is 0.0933. The zero-order valence-electron chi connectivity index (χ0n) is 12.0. The van der Waals surface area contributed by atoms with Crippen LogP contribution < -0.4 is 5.32 Å². The lowest BCUT2D eigenvalue weighted by atomic mass is 10.1. The van der Waals surface area contributed by atoms with Crippen molar-refractivity contribution >= 4 is 5.91 Å². The van der Waals surface area contributed by atoms with Crippen LogP contribution in [0.3, 0.4) is 0 Å². The molecule has 0 aliphatic heterocycles. The molecule has 0 fully saturated rings. The second kappa shape index (κ2) is 7.83. The molecule has 0 atom stereocenters. The second-order valence-electron chi connectivity index (χ2n) is 4.86. The van der Waals surface area contributed by atoms with Gasteiger partial charge in [-0.1, -0.05) is 29.8 Å². The van der Waals surface area contributed by atoms with Crippen molar-refractivity contribution in [2.75, 3.05) is 6.61 Å². The van der Waals surface area contributed by atoms with Crippen molar-refractivity contribution in [2.45, 2.75) is 33.2 Å². The number of nitrogens with one attached hydrogen (secondary N) is 1. The SMILES string of the molecule is CC(C)=CC(=O)NCc1ccc(COCC(F)(F)F)cc1. The van der Waals surface area contributed by atoms with Crippen LogP contribution in [0, 0.1) is 0 Å². The topological polar surface area (TPSA) is 38.3 Å². The summed E-state index contributed by atoms with van der Waals surface area (Å²) < 4.78 is 40.3. The fraction of sp³-hybridized carbons (Fsp3) is 0.400. The fourth-order valence-corrected chi connectivity index (χ4v) is 1.54. The number of alkyl halides is 3. The molecule has 6 heteroatoms. The van der Waals surface area contributed by atoms with Crippen LogP contribution in [0.25, 0.3) is 0 Å². The second-order valence-corrected chi connectivity index (χ2v) is 4.86. The molecule has 0 aliphatic carbocycles. The molecule has 0 heterocycles. The van der Waals surface area contributed by atoms with Crippen molar-refractivity contribution in [3.05, 3.63) is 47.0 Å². The van der Waals surface area contributed by atoms with E-state index in [9.17, 15) is 18.0 Å². The van der Waals surface area contributed by atoms with E-state index in [1.54, 1.807) is 24.3 Å². The van der Waals surface area contributed by atoms with Gasteiger partial charge in [-0.2, -0.15) is 13.2 Å². The van der Waals surface area contributed by atoms with Gasteiger partial charge in [0.05, 0.1) is 6.61 Å². The van der Waals surface area contributed by atoms with Crippen molar-refractivity contribution in [3.8, 4) is 0 Å². The summed E-state index contributed by atoms with van der Waals surface area (Å²) >= 11 is 0. The molecule has 116 valence electrons. The highest BCUT2D eigenvalue weighted by molar-refractivity contribution is 5.87. The standard InChI is InChI=1S/C15H18F3NO2/c1-11(2)7-14(20)19-8-12-3-5-13(6-4-12)9-21-10-15(16,17)18/h3-7H,8-10H2,1-2H3,(H,19,20). The number of hydrogen-bond donors (Lipinski definition) is 1. The Bertz CT molecular complexity index is 489. The fourth-order valence-electron chi connectivity index (χ4n) is 1.54. The average Bonchev–Trinajstić information content (AvgIpc) is 2.35. The smallest absolute Gasteiger partial charge is 0.367 e. The van der Waals surface area contributed by atoms with Crippen molar-refractivity contribution in [3.63, 3.8) is 0 Å². The minimum atomic E-state index is -4.31. The summed E-state index contributed by atoms with van der Waals surface area (Å²) in [4.78, 5) is 11.4. The minimum Gasteiger partial charge on any atom is -0.367 e. The Kier molecular flexibility index (Phi) is 6.42. The van der Waals surface area contributed by atoms with E-state index in [2.05, 4.69) is 10.1 Å². The molecule has 0 radical (unpaired) electrons. The first kappa shape index (κ1) is 17.2. The van der Waals surface area contributed by atoms with E-state index in [1.807, 2.05) is 13.8 Å². The molecule has 1 aromatic rings. The van der Waals surface area contributed by atoms with E-state index in [4.69, 9.17) is 0 Å². The van der Waals surface area contributed by atoms with Gasteiger partial charge in [-0.3, -0.25) is 4.79 Å². The maximum absolute atomic E-state index is 11.9. The molecule has 0 bridgehead atoms. The van der Waals surface area contributed by atoms with Gasteiger partial charge < -0.3 is 10.1 Å². The largest absolute Gasteiger partial charge is 0.411 e. The van der Waals surface area contributed by atoms with Crippen molar-refractivity contribution in [1.29, 1.82) is 0 Å². The lowest BCUT2D eigenvalue weighted by Crippen LogP contribution is -2.20. The normalized spacial score (nSPS) is 11.1. The predicted molar refractivity (Wildman–Crippen MR) is 73.4 cm³/mol. The molecule has 1 N–H and O–H groups in total. The van der Waals surface area contributed by atoms with Gasteiger partial charge in [0.15, 0.2) is 0 Å². The van der Waals surface area contributed by atoms with E-state index >= 15 is 0 Å². The van der Waals surface area contributed by atoms with Crippen molar-refractivity contribution < 1.29 is 22.7 Å². The summed E-state index contributed by atoms with van der Waals surface area (Å²) in [6.45, 7) is 2.67. The van der Waals surface area contributed by atoms with Crippen LogP contribution in [0.5, 0.6) is 0 Å². The van der Waals surface area contributed by atoms with Gasteiger partial charge in [0.25, 0.3) is 0 Å². The summed E-state index contributed by atoms with van der Waals surface area (Å²) in [5, 5.41) is 2.72. The first-order chi connectivity index (χ1) is 9.76. The van der Waals surface area contributed by atoms with Crippen LogP contribution in [-0.2, 0) is 22.7 Å². The number of benzene rings is 1. The summed E-state index contributed by atoms with van der Waals surface area (Å²) in [6.07, 6.45) is -2.81. The number of halogens is 3. The summed E-state index contributed by atoms with van der Waals surface area (Å²) in [5.41, 5.74) is 2.42. The zero-order chi connectivity index (χ0) is 15.9. The molecule has 0 spiro atoms. The molecule has 0 aromatic heterocycles. The van der Waals surface area contributed by atoms with Crippen molar-refractivity contribution in [1.82, 2.24) is 5.32 Å². The Morgan fingerprint density at radius 3 is 2.29 bits per heavy atom. The lowest BCUT2D eigenvalue weighted by Gasteiger charge is -2.08. The van der Waals surface area contributed by atoms with Gasteiger partial charge >= 0.3 is 6.18 Å². The van der Waals surface area contributed by atoms with Gasteiger partial charge in [0.1, 0.15) is 6.61 Å². The van der Waals surface area contributed by atoms with E-state index in [1.165, 1.54) is 6.08 Å². The molecule has 1 rings (SSSR count). The molecule has 0 unspecified atom stereocenters. The Morgan fingerprint density at radius 2 is 1.76 bits per heavy atom. The van der Waals surface area contributed by atoms with E-state index in [0.717, 1.165) is 11.1 Å². The van der Waals surface area contributed by atoms with E-state index in [-0.39, 0.29) is 12.5 Å². The van der Waals surface area contributed by atoms with Gasteiger partial charge in [0, 0.05) is 12.6 Å². The van der Waals surface area contributed by atoms with Gasteiger partial charge in [0.2, 0.25) is 5.91 Å². The first-order valence-electron chi connectivity index (χ1n) is 6.41. The third kappa shape index (κ3) is 8.14. The number of ether oxygens (including phenoxy) is 1. The Hall–Kier alpha value is -1.82. The Morgan fingerprint density at radius 1 is 1.19 bits per heavy atom. The summed E-state index contributed by atoms with van der Waals surface area (Å²) in [7, 11) is 0. The quantitative estimate of drug-likeness (QED) is 0.818. The number of carbonyl (C=O) groups excluding carboxylic acids is 1. The maximum Gasteiger partial charge on any atom is 0.411 e. The van der Waals surface area contributed by atoms with Crippen LogP contribution >= 0.6 is 0 Å². The van der Waals surface area contributed by atoms with Gasteiger partial charge in [-0.15, -0.1) is 0 Å². The Labute approximate surface area is 121 Å². The zero-order valence-corrected chi connectivity index (χ0v) is 12.0. The van der Waals surface area contributed by atoms with E-state index < -0.39 is 12.8 Å². The third-order valence-electron chi connectivity index (χ3n) is 2.44. The highest BCUT2D eigenvalue weighted by Crippen LogP contribution is 2.15. The van der Waals surface area contributed by atoms with Crippen LogP contribution in [0.1, 0.15) is 25.0 Å². The molecule has 1 amide bonds. The van der Waals surface area contributed by atoms with Crippen LogP contribution in [-0.4, -0.2) is 18.7 Å². The molecular weight excluding hydrogens is 283 g/mol. The predicted octanol–water partition coefficient (Wildman–Crippen LogP) is 3.35. The summed E-state index contributed by atoms with van der Waals surface area (Å²) in [6, 6.07) is 6.85. The van der Waals surface area contributed by atoms with Crippen LogP contribution in [0.15, 0.2) is 35.9 Å². The number of rotatable bonds is 6. The third-order valence-corrected chi connectivity index (χ3v) is 2.44. The lowest BCUT2D eigenvalue weighted by molar-refractivity contribution is -0.176. The first-order valence-corrected chi connectivity index (χ1v) is 6.41. The molecule has 0 saturated carbocycles. The monoisotopic (exact) mass is 301 g/mol. The number of hydrogen-bond acceptors (Lipinski definition) is 2. The number of carbonyl (C=O) groups is 1. The Balaban J connectivity index is 2.40. The average molecular weight is 301 g/mol. The molecular formula is C15H18F3NO2. The molecule has 21 heavy (non-hydrogen) atoms. The van der Waals surface area contributed by atoms with Crippen LogP contribution in [0.4, 0.5) is 13.2 Å². The number of allylic oxidation sites excluding steroid dienone is 1.